The van der Waals surface area contributed by atoms with Crippen molar-refractivity contribution < 1.29 is 9.59 Å². The van der Waals surface area contributed by atoms with Crippen LogP contribution in [0.5, 0.6) is 0 Å². The highest BCUT2D eigenvalue weighted by molar-refractivity contribution is 7.61. The van der Waals surface area contributed by atoms with Crippen molar-refractivity contribution in [3.63, 3.8) is 0 Å². The van der Waals surface area contributed by atoms with Crippen LogP contribution in [0.25, 0.3) is 0 Å². The van der Waals surface area contributed by atoms with Crippen LogP contribution in [0.15, 0.2) is 24.3 Å². The lowest BCUT2D eigenvalue weighted by molar-refractivity contribution is -0.115. The Morgan fingerprint density at radius 3 is 1.67 bits per heavy atom. The molecule has 1 aromatic rings. The summed E-state index contributed by atoms with van der Waals surface area (Å²) >= 11 is 0. The Bertz CT molecular complexity index is 463. The molecule has 1 aliphatic heterocycles. The molecule has 5 nitrogen and oxygen atoms in total. The van der Waals surface area contributed by atoms with Gasteiger partial charge >= 0.3 is 0 Å². The van der Waals surface area contributed by atoms with Gasteiger partial charge in [0.25, 0.3) is 0 Å². The van der Waals surface area contributed by atoms with Gasteiger partial charge in [0.2, 0.25) is 11.8 Å². The maximum Gasteiger partial charge on any atom is 0.229 e. The lowest BCUT2D eigenvalue weighted by Crippen LogP contribution is -2.33. The first-order chi connectivity index (χ1) is 8.45. The monoisotopic (exact) mass is 265 g/mol. The average Bonchev–Trinajstić information content (AvgIpc) is 2.63. The maximum atomic E-state index is 11.9. The van der Waals surface area contributed by atoms with Gasteiger partial charge < -0.3 is 0 Å². The van der Waals surface area contributed by atoms with Gasteiger partial charge in [-0.2, -0.15) is 0 Å². The van der Waals surface area contributed by atoms with E-state index in [-0.39, 0.29) is 11.8 Å². The number of hydrogen-bond donors (Lipinski definition) is 0. The molecule has 0 N–H and O–H groups in total. The third-order valence-corrected chi connectivity index (χ3v) is 5.08. The van der Waals surface area contributed by atoms with E-state index in [2.05, 4.69) is 0 Å². The number of anilines is 2. The summed E-state index contributed by atoms with van der Waals surface area (Å²) in [5.74, 6) is -0.1000. The largest absolute Gasteiger partial charge is 0.274 e. The summed E-state index contributed by atoms with van der Waals surface area (Å²) in [6.45, 7) is 3.05. The number of fused-ring (bicyclic) bond motifs is 1. The van der Waals surface area contributed by atoms with Crippen molar-refractivity contribution in [3.05, 3.63) is 24.3 Å². The van der Waals surface area contributed by atoms with Crippen LogP contribution in [-0.2, 0) is 9.59 Å². The first kappa shape index (κ1) is 13.0. The van der Waals surface area contributed by atoms with E-state index in [0.29, 0.717) is 0 Å². The topological polar surface area (TPSA) is 43.9 Å². The van der Waals surface area contributed by atoms with Crippen LogP contribution in [0, 0.1) is 0 Å². The zero-order valence-electron chi connectivity index (χ0n) is 10.9. The molecule has 0 saturated carbocycles. The second-order valence-electron chi connectivity index (χ2n) is 4.27. The molecule has 18 heavy (non-hydrogen) atoms. The Balaban J connectivity index is 2.60. The standard InChI is InChI=1S/C12H16N3O2P/c1-9(16)14-11-7-5-6-8-12(11)15(10(2)17)18(14)13(3)4/h5-8H,1-4H3. The molecule has 0 bridgehead atoms. The van der Waals surface area contributed by atoms with Gasteiger partial charge in [0, 0.05) is 13.8 Å². The maximum absolute atomic E-state index is 11.9. The molecule has 0 atom stereocenters. The molecule has 1 aromatic carbocycles. The quantitative estimate of drug-likeness (QED) is 0.731. The Morgan fingerprint density at radius 2 is 1.39 bits per heavy atom. The minimum Gasteiger partial charge on any atom is -0.274 e. The van der Waals surface area contributed by atoms with E-state index in [0.717, 1.165) is 11.4 Å². The molecular weight excluding hydrogens is 249 g/mol. The van der Waals surface area contributed by atoms with Crippen LogP contribution in [0.4, 0.5) is 11.4 Å². The molecule has 0 aromatic heterocycles. The zero-order chi connectivity index (χ0) is 13.4. The molecule has 2 rings (SSSR count). The van der Waals surface area contributed by atoms with Crippen molar-refractivity contribution in [2.24, 2.45) is 0 Å². The van der Waals surface area contributed by atoms with E-state index < -0.39 is 8.37 Å². The van der Waals surface area contributed by atoms with Crippen LogP contribution in [0.3, 0.4) is 0 Å². The van der Waals surface area contributed by atoms with E-state index in [9.17, 15) is 9.59 Å². The number of para-hydroxylation sites is 2. The zero-order valence-corrected chi connectivity index (χ0v) is 11.8. The summed E-state index contributed by atoms with van der Waals surface area (Å²) in [4.78, 5) is 23.7. The van der Waals surface area contributed by atoms with E-state index >= 15 is 0 Å². The van der Waals surface area contributed by atoms with E-state index in [1.807, 2.05) is 43.0 Å². The molecule has 2 amide bonds. The highest BCUT2D eigenvalue weighted by Crippen LogP contribution is 2.60. The van der Waals surface area contributed by atoms with E-state index in [1.54, 1.807) is 9.34 Å². The molecule has 0 radical (unpaired) electrons. The Kier molecular flexibility index (Phi) is 3.37. The van der Waals surface area contributed by atoms with Gasteiger partial charge in [0.05, 0.1) is 11.4 Å². The summed E-state index contributed by atoms with van der Waals surface area (Å²) in [5, 5.41) is 0. The van der Waals surface area contributed by atoms with Crippen LogP contribution in [-0.4, -0.2) is 30.6 Å². The van der Waals surface area contributed by atoms with Gasteiger partial charge in [0.1, 0.15) is 0 Å². The summed E-state index contributed by atoms with van der Waals surface area (Å²) in [5.41, 5.74) is 1.61. The van der Waals surface area contributed by atoms with Crippen molar-refractivity contribution in [1.82, 2.24) is 4.67 Å². The van der Waals surface area contributed by atoms with E-state index in [4.69, 9.17) is 0 Å². The van der Waals surface area contributed by atoms with Gasteiger partial charge in [-0.15, -0.1) is 0 Å². The Morgan fingerprint density at radius 1 is 1.00 bits per heavy atom. The minimum atomic E-state index is -1.14. The summed E-state index contributed by atoms with van der Waals surface area (Å²) in [6, 6.07) is 7.50. The van der Waals surface area contributed by atoms with Crippen molar-refractivity contribution >= 4 is 31.6 Å². The normalized spacial score (nSPS) is 15.2. The second-order valence-corrected chi connectivity index (χ2v) is 6.40. The Labute approximate surface area is 108 Å². The van der Waals surface area contributed by atoms with Gasteiger partial charge in [-0.3, -0.25) is 23.6 Å². The fourth-order valence-electron chi connectivity index (χ4n) is 2.05. The first-order valence-electron chi connectivity index (χ1n) is 5.62. The van der Waals surface area contributed by atoms with Gasteiger partial charge in [-0.05, 0) is 26.2 Å². The van der Waals surface area contributed by atoms with Crippen molar-refractivity contribution in [2.75, 3.05) is 23.4 Å². The molecule has 1 heterocycles. The number of benzene rings is 1. The number of hydrogen-bond acceptors (Lipinski definition) is 3. The molecule has 0 spiro atoms. The van der Waals surface area contributed by atoms with Gasteiger partial charge in [-0.25, -0.2) is 0 Å². The van der Waals surface area contributed by atoms with Gasteiger partial charge in [0.15, 0.2) is 8.37 Å². The summed E-state index contributed by atoms with van der Waals surface area (Å²) in [7, 11) is 2.62. The van der Waals surface area contributed by atoms with Gasteiger partial charge in [-0.1, -0.05) is 12.1 Å². The minimum absolute atomic E-state index is 0.0500. The number of carbonyl (C=O) groups excluding carboxylic acids is 2. The summed E-state index contributed by atoms with van der Waals surface area (Å²) < 4.78 is 5.32. The SMILES string of the molecule is CC(=O)N1c2ccccc2N(C(C)=O)P1N(C)C. The lowest BCUT2D eigenvalue weighted by atomic mass is 10.2. The first-order valence-corrected chi connectivity index (χ1v) is 6.82. The van der Waals surface area contributed by atoms with Crippen molar-refractivity contribution in [2.45, 2.75) is 13.8 Å². The van der Waals surface area contributed by atoms with Crippen LogP contribution in [0.1, 0.15) is 13.8 Å². The highest BCUT2D eigenvalue weighted by atomic mass is 31.2. The summed E-state index contributed by atoms with van der Waals surface area (Å²) in [6.07, 6.45) is 0. The lowest BCUT2D eigenvalue weighted by Gasteiger charge is -2.32. The van der Waals surface area contributed by atoms with Crippen molar-refractivity contribution in [3.8, 4) is 0 Å². The fourth-order valence-corrected chi connectivity index (χ4v) is 4.18. The fraction of sp³-hybridized carbons (Fsp3) is 0.333. The molecule has 0 unspecified atom stereocenters. The predicted molar refractivity (Wildman–Crippen MR) is 73.4 cm³/mol. The van der Waals surface area contributed by atoms with Crippen molar-refractivity contribution in [1.29, 1.82) is 0 Å². The molecule has 1 aliphatic rings. The number of nitrogens with zero attached hydrogens (tertiary/aromatic N) is 3. The Hall–Kier alpha value is -1.45. The smallest absolute Gasteiger partial charge is 0.229 e. The molecule has 0 saturated heterocycles. The average molecular weight is 265 g/mol. The number of rotatable bonds is 1. The third-order valence-electron chi connectivity index (χ3n) is 2.65. The van der Waals surface area contributed by atoms with Crippen LogP contribution >= 0.6 is 8.37 Å². The molecule has 0 aliphatic carbocycles. The van der Waals surface area contributed by atoms with Crippen LogP contribution < -0.4 is 9.34 Å². The molecular formula is C12H16N3O2P. The second kappa shape index (κ2) is 4.67. The number of amides is 2. The predicted octanol–water partition coefficient (Wildman–Crippen LogP) is 2.19. The molecule has 96 valence electrons. The van der Waals surface area contributed by atoms with Crippen LogP contribution in [0.2, 0.25) is 0 Å². The third kappa shape index (κ3) is 1.89. The molecule has 0 fully saturated rings. The van der Waals surface area contributed by atoms with E-state index in [1.165, 1.54) is 13.8 Å². The number of carbonyl (C=O) groups is 2. The molecule has 6 heteroatoms. The highest BCUT2D eigenvalue weighted by Gasteiger charge is 2.42.